The van der Waals surface area contributed by atoms with Crippen LogP contribution in [0.4, 0.5) is 0 Å². The van der Waals surface area contributed by atoms with E-state index in [0.29, 0.717) is 0 Å². The quantitative estimate of drug-likeness (QED) is 0.429. The minimum Gasteiger partial charge on any atom is -0.396 e. The standard InChI is InChI=1S/C7H11N5O/c1-5-3-9-12(2)7(5)6(4-13)10-11-8/h3,6,13H,4H2,1-2H3. The molecule has 0 spiro atoms. The average Bonchev–Trinajstić information content (AvgIpc) is 2.43. The van der Waals surface area contributed by atoms with E-state index in [1.165, 1.54) is 0 Å². The lowest BCUT2D eigenvalue weighted by molar-refractivity contribution is 0.262. The Balaban J connectivity index is 3.09. The maximum Gasteiger partial charge on any atom is 0.103 e. The minimum atomic E-state index is -0.544. The van der Waals surface area contributed by atoms with Gasteiger partial charge in [-0.25, -0.2) is 0 Å². The van der Waals surface area contributed by atoms with Gasteiger partial charge in [0.2, 0.25) is 0 Å². The zero-order valence-electron chi connectivity index (χ0n) is 7.55. The summed E-state index contributed by atoms with van der Waals surface area (Å²) in [5, 5.41) is 16.4. The number of nitrogens with zero attached hydrogens (tertiary/aromatic N) is 5. The molecule has 0 amide bonds. The first kappa shape index (κ1) is 9.57. The molecule has 1 N–H and O–H groups in total. The molecule has 1 aromatic heterocycles. The third kappa shape index (κ3) is 1.80. The topological polar surface area (TPSA) is 86.8 Å². The minimum absolute atomic E-state index is 0.204. The summed E-state index contributed by atoms with van der Waals surface area (Å²) >= 11 is 0. The van der Waals surface area contributed by atoms with Crippen LogP contribution in [0.3, 0.4) is 0 Å². The normalized spacial score (nSPS) is 12.2. The van der Waals surface area contributed by atoms with Crippen LogP contribution in [0.15, 0.2) is 11.3 Å². The third-order valence-corrected chi connectivity index (χ3v) is 1.86. The zero-order valence-corrected chi connectivity index (χ0v) is 7.55. The highest BCUT2D eigenvalue weighted by Gasteiger charge is 2.14. The fourth-order valence-corrected chi connectivity index (χ4v) is 1.28. The molecule has 70 valence electrons. The summed E-state index contributed by atoms with van der Waals surface area (Å²) in [6.45, 7) is 1.66. The van der Waals surface area contributed by atoms with Crippen LogP contribution < -0.4 is 0 Å². The van der Waals surface area contributed by atoms with Gasteiger partial charge in [-0.2, -0.15) is 5.10 Å². The summed E-state index contributed by atoms with van der Waals surface area (Å²) in [5.74, 6) is 0. The first-order chi connectivity index (χ1) is 6.20. The van der Waals surface area contributed by atoms with Crippen molar-refractivity contribution in [3.05, 3.63) is 27.9 Å². The van der Waals surface area contributed by atoms with E-state index >= 15 is 0 Å². The molecule has 0 aliphatic carbocycles. The second-order valence-corrected chi connectivity index (χ2v) is 2.74. The number of aliphatic hydroxyl groups excluding tert-OH is 1. The highest BCUT2D eigenvalue weighted by molar-refractivity contribution is 5.19. The van der Waals surface area contributed by atoms with Gasteiger partial charge in [0, 0.05) is 12.0 Å². The molecule has 1 atom stereocenters. The van der Waals surface area contributed by atoms with Gasteiger partial charge in [-0.05, 0) is 18.0 Å². The maximum atomic E-state index is 8.97. The van der Waals surface area contributed by atoms with Gasteiger partial charge in [0.05, 0.1) is 18.5 Å². The van der Waals surface area contributed by atoms with E-state index < -0.39 is 6.04 Å². The van der Waals surface area contributed by atoms with E-state index in [9.17, 15) is 0 Å². The predicted molar refractivity (Wildman–Crippen MR) is 46.9 cm³/mol. The molecule has 1 heterocycles. The number of hydrogen-bond donors (Lipinski definition) is 1. The lowest BCUT2D eigenvalue weighted by atomic mass is 10.1. The van der Waals surface area contributed by atoms with Gasteiger partial charge in [-0.3, -0.25) is 4.68 Å². The molecule has 0 radical (unpaired) electrons. The lowest BCUT2D eigenvalue weighted by Gasteiger charge is -2.09. The summed E-state index contributed by atoms with van der Waals surface area (Å²) in [6, 6.07) is -0.544. The van der Waals surface area contributed by atoms with E-state index in [-0.39, 0.29) is 6.61 Å². The van der Waals surface area contributed by atoms with Crippen molar-refractivity contribution in [2.75, 3.05) is 6.61 Å². The zero-order chi connectivity index (χ0) is 9.84. The van der Waals surface area contributed by atoms with Crippen LogP contribution in [0.25, 0.3) is 10.4 Å². The van der Waals surface area contributed by atoms with Crippen molar-refractivity contribution in [3.63, 3.8) is 0 Å². The summed E-state index contributed by atoms with van der Waals surface area (Å²) in [4.78, 5) is 2.67. The first-order valence-electron chi connectivity index (χ1n) is 3.84. The van der Waals surface area contributed by atoms with Gasteiger partial charge in [-0.1, -0.05) is 5.11 Å². The molecule has 0 fully saturated rings. The second kappa shape index (κ2) is 3.93. The van der Waals surface area contributed by atoms with Gasteiger partial charge < -0.3 is 5.11 Å². The fourth-order valence-electron chi connectivity index (χ4n) is 1.28. The number of aryl methyl sites for hydroxylation is 2. The SMILES string of the molecule is Cc1cnn(C)c1C(CO)N=[N+]=[N-]. The van der Waals surface area contributed by atoms with Crippen molar-refractivity contribution in [1.29, 1.82) is 0 Å². The molecular formula is C7H11N5O. The summed E-state index contributed by atoms with van der Waals surface area (Å²) in [6.07, 6.45) is 1.67. The van der Waals surface area contributed by atoms with E-state index in [4.69, 9.17) is 10.6 Å². The van der Waals surface area contributed by atoms with Crippen LogP contribution in [0.1, 0.15) is 17.3 Å². The monoisotopic (exact) mass is 181 g/mol. The van der Waals surface area contributed by atoms with E-state index in [2.05, 4.69) is 15.1 Å². The Labute approximate surface area is 75.4 Å². The first-order valence-corrected chi connectivity index (χ1v) is 3.84. The van der Waals surface area contributed by atoms with Crippen LogP contribution in [-0.4, -0.2) is 21.5 Å². The highest BCUT2D eigenvalue weighted by atomic mass is 16.3. The van der Waals surface area contributed by atoms with Crippen LogP contribution in [0, 0.1) is 6.92 Å². The summed E-state index contributed by atoms with van der Waals surface area (Å²) in [5.41, 5.74) is 9.93. The lowest BCUT2D eigenvalue weighted by Crippen LogP contribution is -2.08. The molecule has 13 heavy (non-hydrogen) atoms. The Morgan fingerprint density at radius 3 is 2.92 bits per heavy atom. The largest absolute Gasteiger partial charge is 0.396 e. The van der Waals surface area contributed by atoms with Crippen molar-refractivity contribution in [2.45, 2.75) is 13.0 Å². The van der Waals surface area contributed by atoms with Gasteiger partial charge in [-0.15, -0.1) is 0 Å². The predicted octanol–water partition coefficient (Wildman–Crippen LogP) is 1.07. The Morgan fingerprint density at radius 2 is 2.54 bits per heavy atom. The average molecular weight is 181 g/mol. The molecule has 6 heteroatoms. The van der Waals surface area contributed by atoms with Crippen LogP contribution >= 0.6 is 0 Å². The van der Waals surface area contributed by atoms with E-state index in [0.717, 1.165) is 11.3 Å². The van der Waals surface area contributed by atoms with Crippen molar-refractivity contribution in [2.24, 2.45) is 12.2 Å². The molecule has 0 bridgehead atoms. The Morgan fingerprint density at radius 1 is 1.85 bits per heavy atom. The fraction of sp³-hybridized carbons (Fsp3) is 0.571. The molecule has 1 aromatic rings. The van der Waals surface area contributed by atoms with Crippen molar-refractivity contribution >= 4 is 0 Å². The molecule has 1 unspecified atom stereocenters. The smallest absolute Gasteiger partial charge is 0.103 e. The summed E-state index contributed by atoms with van der Waals surface area (Å²) in [7, 11) is 1.75. The number of hydrogen-bond acceptors (Lipinski definition) is 3. The number of rotatable bonds is 3. The van der Waals surface area contributed by atoms with Crippen molar-refractivity contribution in [1.82, 2.24) is 9.78 Å². The summed E-state index contributed by atoms with van der Waals surface area (Å²) < 4.78 is 1.60. The van der Waals surface area contributed by atoms with Gasteiger partial charge >= 0.3 is 0 Å². The van der Waals surface area contributed by atoms with Gasteiger partial charge in [0.25, 0.3) is 0 Å². The van der Waals surface area contributed by atoms with Gasteiger partial charge in [0.1, 0.15) is 6.04 Å². The molecule has 0 saturated heterocycles. The van der Waals surface area contributed by atoms with Crippen LogP contribution in [0.5, 0.6) is 0 Å². The number of azide groups is 1. The Bertz CT molecular complexity index is 319. The van der Waals surface area contributed by atoms with E-state index in [1.807, 2.05) is 6.92 Å². The van der Waals surface area contributed by atoms with Crippen molar-refractivity contribution in [3.8, 4) is 0 Å². The van der Waals surface area contributed by atoms with Crippen LogP contribution in [-0.2, 0) is 7.05 Å². The second-order valence-electron chi connectivity index (χ2n) is 2.74. The molecule has 0 aliphatic heterocycles. The molecular weight excluding hydrogens is 170 g/mol. The Hall–Kier alpha value is -1.52. The molecule has 0 aromatic carbocycles. The molecule has 6 nitrogen and oxygen atoms in total. The van der Waals surface area contributed by atoms with Gasteiger partial charge in [0.15, 0.2) is 0 Å². The Kier molecular flexibility index (Phi) is 2.89. The molecule has 1 rings (SSSR count). The third-order valence-electron chi connectivity index (χ3n) is 1.86. The maximum absolute atomic E-state index is 8.97. The van der Waals surface area contributed by atoms with Crippen LogP contribution in [0.2, 0.25) is 0 Å². The number of aliphatic hydroxyl groups is 1. The van der Waals surface area contributed by atoms with Crippen molar-refractivity contribution < 1.29 is 5.11 Å². The highest BCUT2D eigenvalue weighted by Crippen LogP contribution is 2.19. The molecule has 0 aliphatic rings. The molecule has 0 saturated carbocycles. The van der Waals surface area contributed by atoms with E-state index in [1.54, 1.807) is 17.9 Å². The number of aromatic nitrogens is 2.